The molecular formula is C6H10N2O3. The molecule has 62 valence electrons. The van der Waals surface area contributed by atoms with Gasteiger partial charge < -0.3 is 15.8 Å². The normalized spacial score (nSPS) is 28.7. The summed E-state index contributed by atoms with van der Waals surface area (Å²) in [6.07, 6.45) is -0.224. The zero-order valence-electron chi connectivity index (χ0n) is 6.16. The number of nitrogens with one attached hydrogen (secondary N) is 1. The zero-order chi connectivity index (χ0) is 8.43. The van der Waals surface area contributed by atoms with Crippen LogP contribution < -0.4 is 11.1 Å². The van der Waals surface area contributed by atoms with Gasteiger partial charge in [0.2, 0.25) is 5.91 Å². The molecule has 2 atom stereocenters. The topological polar surface area (TPSA) is 81.4 Å². The first kappa shape index (κ1) is 8.00. The van der Waals surface area contributed by atoms with Crippen LogP contribution in [0.5, 0.6) is 0 Å². The summed E-state index contributed by atoms with van der Waals surface area (Å²) in [5.41, 5.74) is 5.03. The molecule has 1 amide bonds. The van der Waals surface area contributed by atoms with Crippen molar-refractivity contribution in [2.75, 3.05) is 6.54 Å². The average Bonchev–Trinajstić information content (AvgIpc) is 2.00. The number of rotatable bonds is 2. The lowest BCUT2D eigenvalue weighted by atomic mass is 10.1. The van der Waals surface area contributed by atoms with Crippen LogP contribution in [-0.2, 0) is 14.3 Å². The van der Waals surface area contributed by atoms with Crippen molar-refractivity contribution in [1.82, 2.24) is 5.32 Å². The van der Waals surface area contributed by atoms with Gasteiger partial charge in [0.25, 0.3) is 0 Å². The fourth-order valence-corrected chi connectivity index (χ4v) is 0.853. The molecule has 1 aliphatic rings. The number of esters is 1. The highest BCUT2D eigenvalue weighted by molar-refractivity contribution is 5.88. The van der Waals surface area contributed by atoms with E-state index in [0.29, 0.717) is 0 Å². The number of carbonyl (C=O) groups excluding carboxylic acids is 2. The molecule has 0 aromatic heterocycles. The number of cyclic esters (lactones) is 1. The lowest BCUT2D eigenvalue weighted by Gasteiger charge is -2.32. The number of ether oxygens (including phenoxy) is 1. The maximum absolute atomic E-state index is 10.7. The third kappa shape index (κ3) is 1.48. The third-order valence-electron chi connectivity index (χ3n) is 1.53. The number of hydrogen-bond acceptors (Lipinski definition) is 4. The predicted octanol–water partition coefficient (Wildman–Crippen LogP) is -1.62. The largest absolute Gasteiger partial charge is 0.458 e. The Kier molecular flexibility index (Phi) is 2.09. The van der Waals surface area contributed by atoms with Gasteiger partial charge in [-0.1, -0.05) is 0 Å². The van der Waals surface area contributed by atoms with Gasteiger partial charge >= 0.3 is 5.97 Å². The lowest BCUT2D eigenvalue weighted by Crippen LogP contribution is -2.59. The van der Waals surface area contributed by atoms with Crippen molar-refractivity contribution in [3.8, 4) is 0 Å². The zero-order valence-corrected chi connectivity index (χ0v) is 6.16. The molecular weight excluding hydrogens is 148 g/mol. The highest BCUT2D eigenvalue weighted by Gasteiger charge is 2.39. The van der Waals surface area contributed by atoms with Crippen LogP contribution in [0.1, 0.15) is 6.92 Å². The smallest absolute Gasteiger partial charge is 0.332 e. The molecule has 0 saturated carbocycles. The van der Waals surface area contributed by atoms with E-state index >= 15 is 0 Å². The van der Waals surface area contributed by atoms with Gasteiger partial charge in [-0.25, -0.2) is 4.79 Å². The maximum Gasteiger partial charge on any atom is 0.332 e. The molecule has 5 nitrogen and oxygen atoms in total. The molecule has 1 aliphatic heterocycles. The van der Waals surface area contributed by atoms with E-state index in [4.69, 9.17) is 5.73 Å². The second-order valence-corrected chi connectivity index (χ2v) is 2.39. The van der Waals surface area contributed by atoms with Gasteiger partial charge in [0.05, 0.1) is 6.54 Å². The maximum atomic E-state index is 10.7. The van der Waals surface area contributed by atoms with Crippen molar-refractivity contribution >= 4 is 11.9 Å². The van der Waals surface area contributed by atoms with E-state index in [0.717, 1.165) is 0 Å². The second kappa shape index (κ2) is 2.87. The van der Waals surface area contributed by atoms with E-state index in [2.05, 4.69) is 10.1 Å². The molecule has 0 aromatic carbocycles. The summed E-state index contributed by atoms with van der Waals surface area (Å²) in [6.45, 7) is 1.61. The average molecular weight is 158 g/mol. The molecule has 0 bridgehead atoms. The van der Waals surface area contributed by atoms with E-state index < -0.39 is 6.04 Å². The van der Waals surface area contributed by atoms with E-state index in [-0.39, 0.29) is 24.5 Å². The fourth-order valence-electron chi connectivity index (χ4n) is 0.853. The first-order valence-electron chi connectivity index (χ1n) is 3.35. The number of hydrogen-bond donors (Lipinski definition) is 2. The van der Waals surface area contributed by atoms with Crippen molar-refractivity contribution in [1.29, 1.82) is 0 Å². The van der Waals surface area contributed by atoms with Crippen molar-refractivity contribution < 1.29 is 14.3 Å². The van der Waals surface area contributed by atoms with Gasteiger partial charge in [-0.2, -0.15) is 0 Å². The van der Waals surface area contributed by atoms with Crippen LogP contribution in [0.3, 0.4) is 0 Å². The Labute approximate surface area is 63.9 Å². The van der Waals surface area contributed by atoms with E-state index in [1.54, 1.807) is 6.92 Å². The van der Waals surface area contributed by atoms with Gasteiger partial charge in [0.1, 0.15) is 6.10 Å². The molecule has 0 spiro atoms. The molecule has 1 fully saturated rings. The summed E-state index contributed by atoms with van der Waals surface area (Å²) in [5, 5.41) is 2.43. The van der Waals surface area contributed by atoms with Crippen molar-refractivity contribution in [2.45, 2.75) is 19.1 Å². The van der Waals surface area contributed by atoms with Gasteiger partial charge in [-0.15, -0.1) is 0 Å². The molecule has 0 unspecified atom stereocenters. The van der Waals surface area contributed by atoms with E-state index in [1.807, 2.05) is 0 Å². The first-order chi connectivity index (χ1) is 5.15. The molecule has 3 N–H and O–H groups in total. The summed E-state index contributed by atoms with van der Waals surface area (Å²) >= 11 is 0. The van der Waals surface area contributed by atoms with Crippen LogP contribution in [0.15, 0.2) is 0 Å². The lowest BCUT2D eigenvalue weighted by molar-refractivity contribution is -0.175. The molecule has 1 heterocycles. The van der Waals surface area contributed by atoms with Crippen molar-refractivity contribution in [3.63, 3.8) is 0 Å². The van der Waals surface area contributed by atoms with Gasteiger partial charge in [0, 0.05) is 0 Å². The second-order valence-electron chi connectivity index (χ2n) is 2.39. The van der Waals surface area contributed by atoms with Crippen LogP contribution in [0.2, 0.25) is 0 Å². The summed E-state index contributed by atoms with van der Waals surface area (Å²) in [7, 11) is 0. The molecule has 0 radical (unpaired) electrons. The van der Waals surface area contributed by atoms with Crippen molar-refractivity contribution in [3.05, 3.63) is 0 Å². The molecule has 0 aliphatic carbocycles. The minimum absolute atomic E-state index is 0.101. The van der Waals surface area contributed by atoms with Gasteiger partial charge in [-0.3, -0.25) is 4.79 Å². The molecule has 11 heavy (non-hydrogen) atoms. The van der Waals surface area contributed by atoms with Crippen LogP contribution in [-0.4, -0.2) is 30.6 Å². The van der Waals surface area contributed by atoms with E-state index in [1.165, 1.54) is 0 Å². The van der Waals surface area contributed by atoms with Crippen LogP contribution >= 0.6 is 0 Å². The summed E-state index contributed by atoms with van der Waals surface area (Å²) in [5.74, 6) is -0.724. The highest BCUT2D eigenvalue weighted by atomic mass is 16.6. The minimum Gasteiger partial charge on any atom is -0.458 e. The Hall–Kier alpha value is -1.10. The van der Waals surface area contributed by atoms with Gasteiger partial charge in [-0.05, 0) is 6.92 Å². The quantitative estimate of drug-likeness (QED) is 0.473. The summed E-state index contributed by atoms with van der Waals surface area (Å²) in [4.78, 5) is 21.3. The van der Waals surface area contributed by atoms with Crippen LogP contribution in [0, 0.1) is 0 Å². The number of amides is 1. The molecule has 1 rings (SSSR count). The van der Waals surface area contributed by atoms with Crippen molar-refractivity contribution in [2.24, 2.45) is 5.73 Å². The summed E-state index contributed by atoms with van der Waals surface area (Å²) < 4.78 is 4.60. The molecule has 0 aromatic rings. The molecule has 5 heteroatoms. The van der Waals surface area contributed by atoms with E-state index in [9.17, 15) is 9.59 Å². The Balaban J connectivity index is 2.37. The SMILES string of the molecule is C[C@H]1OC(=O)[C@H]1NC(=O)CN. The third-order valence-corrected chi connectivity index (χ3v) is 1.53. The van der Waals surface area contributed by atoms with Crippen LogP contribution in [0.25, 0.3) is 0 Å². The minimum atomic E-state index is -0.494. The molecule has 1 saturated heterocycles. The first-order valence-corrected chi connectivity index (χ1v) is 3.35. The Morgan fingerprint density at radius 2 is 2.45 bits per heavy atom. The fraction of sp³-hybridized carbons (Fsp3) is 0.667. The summed E-state index contributed by atoms with van der Waals surface area (Å²) in [6, 6.07) is -0.494. The van der Waals surface area contributed by atoms with Crippen LogP contribution in [0.4, 0.5) is 0 Å². The standard InChI is InChI=1S/C6H10N2O3/c1-3-5(6(10)11-3)8-4(9)2-7/h3,5H,2,7H2,1H3,(H,8,9)/t3-,5+/m1/s1. The van der Waals surface area contributed by atoms with Gasteiger partial charge in [0.15, 0.2) is 6.04 Å². The Morgan fingerprint density at radius 3 is 2.82 bits per heavy atom. The monoisotopic (exact) mass is 158 g/mol. The highest BCUT2D eigenvalue weighted by Crippen LogP contribution is 2.12. The Morgan fingerprint density at radius 1 is 1.82 bits per heavy atom. The number of carbonyl (C=O) groups is 2. The number of nitrogens with two attached hydrogens (primary N) is 1. The Bertz CT molecular complexity index is 192. The predicted molar refractivity (Wildman–Crippen MR) is 36.5 cm³/mol.